The molecule has 0 unspecified atom stereocenters. The number of allylic oxidation sites excluding steroid dienone is 2. The monoisotopic (exact) mass is 143 g/mol. The Bertz CT molecular complexity index is 173. The van der Waals surface area contributed by atoms with Gasteiger partial charge in [-0.2, -0.15) is 5.26 Å². The van der Waals surface area contributed by atoms with Crippen LogP contribution in [0.3, 0.4) is 0 Å². The number of nitriles is 1. The predicted octanol–water partition coefficient (Wildman–Crippen LogP) is 1.79. The van der Waals surface area contributed by atoms with E-state index in [0.717, 1.165) is 6.08 Å². The Hall–Kier alpha value is -1.04. The van der Waals surface area contributed by atoms with Crippen molar-refractivity contribution in [2.45, 2.75) is 19.5 Å². The molecule has 0 atom stereocenters. The SMILES string of the molecule is COC(=CC#N)C(C)(C)F. The number of hydrogen-bond donors (Lipinski definition) is 0. The quantitative estimate of drug-likeness (QED) is 0.436. The average molecular weight is 143 g/mol. The normalized spacial score (nSPS) is 12.5. The van der Waals surface area contributed by atoms with Gasteiger partial charge in [0.25, 0.3) is 0 Å². The summed E-state index contributed by atoms with van der Waals surface area (Å²) in [7, 11) is 1.34. The van der Waals surface area contributed by atoms with Gasteiger partial charge in [-0.1, -0.05) is 0 Å². The third-order valence-electron chi connectivity index (χ3n) is 1.00. The van der Waals surface area contributed by atoms with E-state index < -0.39 is 5.67 Å². The third kappa shape index (κ3) is 2.49. The van der Waals surface area contributed by atoms with Crippen LogP contribution in [0, 0.1) is 11.3 Å². The van der Waals surface area contributed by atoms with Crippen LogP contribution in [-0.2, 0) is 4.74 Å². The number of rotatable bonds is 2. The fourth-order valence-electron chi connectivity index (χ4n) is 0.532. The van der Waals surface area contributed by atoms with Crippen LogP contribution in [-0.4, -0.2) is 12.8 Å². The standard InChI is InChI=1S/C7H10FNO/c1-7(2,8)6(10-3)4-5-9/h4H,1-3H3. The minimum absolute atomic E-state index is 0.0509. The summed E-state index contributed by atoms with van der Waals surface area (Å²) in [4.78, 5) is 0. The molecule has 0 aromatic heterocycles. The summed E-state index contributed by atoms with van der Waals surface area (Å²) in [5, 5.41) is 8.16. The van der Waals surface area contributed by atoms with Gasteiger partial charge in [0.05, 0.1) is 19.3 Å². The molecule has 0 N–H and O–H groups in total. The van der Waals surface area contributed by atoms with Crippen molar-refractivity contribution >= 4 is 0 Å². The van der Waals surface area contributed by atoms with Crippen LogP contribution in [0.25, 0.3) is 0 Å². The number of methoxy groups -OCH3 is 1. The molecule has 0 aliphatic rings. The Kier molecular flexibility index (Phi) is 2.88. The molecule has 0 radical (unpaired) electrons. The number of hydrogen-bond acceptors (Lipinski definition) is 2. The second kappa shape index (κ2) is 3.21. The highest BCUT2D eigenvalue weighted by Gasteiger charge is 2.22. The molecule has 0 heterocycles. The van der Waals surface area contributed by atoms with Crippen LogP contribution in [0.15, 0.2) is 11.8 Å². The molecule has 0 spiro atoms. The predicted molar refractivity (Wildman–Crippen MR) is 35.9 cm³/mol. The lowest BCUT2D eigenvalue weighted by atomic mass is 10.1. The molecular weight excluding hydrogens is 133 g/mol. The van der Waals surface area contributed by atoms with Crippen molar-refractivity contribution in [1.29, 1.82) is 5.26 Å². The minimum atomic E-state index is -1.56. The molecule has 0 saturated carbocycles. The molecule has 0 rings (SSSR count). The van der Waals surface area contributed by atoms with Crippen molar-refractivity contribution in [1.82, 2.24) is 0 Å². The summed E-state index contributed by atoms with van der Waals surface area (Å²) in [6.07, 6.45) is 1.06. The third-order valence-corrected chi connectivity index (χ3v) is 1.00. The summed E-state index contributed by atoms with van der Waals surface area (Å²) in [6, 6.07) is 1.70. The van der Waals surface area contributed by atoms with E-state index in [-0.39, 0.29) is 5.76 Å². The van der Waals surface area contributed by atoms with E-state index in [2.05, 4.69) is 4.74 Å². The fraction of sp³-hybridized carbons (Fsp3) is 0.571. The Morgan fingerprint density at radius 3 is 2.30 bits per heavy atom. The molecule has 3 heteroatoms. The second-order valence-corrected chi connectivity index (χ2v) is 2.31. The average Bonchev–Trinajstić information content (AvgIpc) is 1.80. The smallest absolute Gasteiger partial charge is 0.162 e. The molecule has 0 aliphatic heterocycles. The Labute approximate surface area is 59.9 Å². The van der Waals surface area contributed by atoms with Crippen molar-refractivity contribution in [2.75, 3.05) is 7.11 Å². The van der Waals surface area contributed by atoms with Gasteiger partial charge < -0.3 is 4.74 Å². The highest BCUT2D eigenvalue weighted by atomic mass is 19.1. The van der Waals surface area contributed by atoms with E-state index in [4.69, 9.17) is 5.26 Å². The Morgan fingerprint density at radius 2 is 2.20 bits per heavy atom. The summed E-state index contributed by atoms with van der Waals surface area (Å²) >= 11 is 0. The van der Waals surface area contributed by atoms with E-state index in [1.807, 2.05) is 0 Å². The van der Waals surface area contributed by atoms with E-state index in [1.165, 1.54) is 21.0 Å². The molecule has 0 aromatic carbocycles. The van der Waals surface area contributed by atoms with Gasteiger partial charge in [0.15, 0.2) is 5.67 Å². The number of alkyl halides is 1. The van der Waals surface area contributed by atoms with Gasteiger partial charge in [-0.3, -0.25) is 0 Å². The van der Waals surface area contributed by atoms with Crippen LogP contribution in [0.2, 0.25) is 0 Å². The molecule has 0 saturated heterocycles. The topological polar surface area (TPSA) is 33.0 Å². The molecular formula is C7H10FNO. The molecule has 0 aromatic rings. The summed E-state index contributed by atoms with van der Waals surface area (Å²) in [6.45, 7) is 2.67. The molecule has 10 heavy (non-hydrogen) atoms. The first-order valence-corrected chi connectivity index (χ1v) is 2.85. The zero-order chi connectivity index (χ0) is 8.20. The number of ether oxygens (including phenoxy) is 1. The summed E-state index contributed by atoms with van der Waals surface area (Å²) in [5.74, 6) is 0.0509. The Balaban J connectivity index is 4.41. The van der Waals surface area contributed by atoms with Crippen LogP contribution in [0.5, 0.6) is 0 Å². The van der Waals surface area contributed by atoms with Crippen LogP contribution in [0.4, 0.5) is 4.39 Å². The van der Waals surface area contributed by atoms with Crippen molar-refractivity contribution in [3.8, 4) is 6.07 Å². The summed E-state index contributed by atoms with van der Waals surface area (Å²) < 4.78 is 17.5. The van der Waals surface area contributed by atoms with Crippen LogP contribution in [0.1, 0.15) is 13.8 Å². The molecule has 0 fully saturated rings. The zero-order valence-electron chi connectivity index (χ0n) is 6.31. The van der Waals surface area contributed by atoms with Gasteiger partial charge in [-0.25, -0.2) is 4.39 Å². The van der Waals surface area contributed by atoms with Crippen molar-refractivity contribution in [3.63, 3.8) is 0 Å². The van der Waals surface area contributed by atoms with E-state index >= 15 is 0 Å². The lowest BCUT2D eigenvalue weighted by molar-refractivity contribution is 0.144. The van der Waals surface area contributed by atoms with Crippen LogP contribution < -0.4 is 0 Å². The van der Waals surface area contributed by atoms with Crippen LogP contribution >= 0.6 is 0 Å². The second-order valence-electron chi connectivity index (χ2n) is 2.31. The van der Waals surface area contributed by atoms with E-state index in [0.29, 0.717) is 0 Å². The first kappa shape index (κ1) is 8.96. The van der Waals surface area contributed by atoms with Gasteiger partial charge in [0.1, 0.15) is 5.76 Å². The molecule has 2 nitrogen and oxygen atoms in total. The highest BCUT2D eigenvalue weighted by Crippen LogP contribution is 2.20. The molecule has 0 bridgehead atoms. The minimum Gasteiger partial charge on any atom is -0.497 e. The van der Waals surface area contributed by atoms with Crippen molar-refractivity contribution in [2.24, 2.45) is 0 Å². The Morgan fingerprint density at radius 1 is 1.70 bits per heavy atom. The first-order valence-electron chi connectivity index (χ1n) is 2.85. The maximum absolute atomic E-state index is 12.9. The maximum Gasteiger partial charge on any atom is 0.162 e. The van der Waals surface area contributed by atoms with Gasteiger partial charge in [0, 0.05) is 0 Å². The zero-order valence-corrected chi connectivity index (χ0v) is 6.31. The van der Waals surface area contributed by atoms with E-state index in [9.17, 15) is 4.39 Å². The van der Waals surface area contributed by atoms with Crippen molar-refractivity contribution < 1.29 is 9.13 Å². The number of halogens is 1. The largest absolute Gasteiger partial charge is 0.497 e. The van der Waals surface area contributed by atoms with Gasteiger partial charge in [-0.15, -0.1) is 0 Å². The lowest BCUT2D eigenvalue weighted by Crippen LogP contribution is -2.16. The number of nitrogens with zero attached hydrogens (tertiary/aromatic N) is 1. The first-order chi connectivity index (χ1) is 4.52. The lowest BCUT2D eigenvalue weighted by Gasteiger charge is -2.15. The molecule has 0 aliphatic carbocycles. The maximum atomic E-state index is 12.9. The highest BCUT2D eigenvalue weighted by molar-refractivity contribution is 5.15. The van der Waals surface area contributed by atoms with Gasteiger partial charge in [-0.05, 0) is 13.8 Å². The van der Waals surface area contributed by atoms with Gasteiger partial charge >= 0.3 is 0 Å². The van der Waals surface area contributed by atoms with Gasteiger partial charge in [0.2, 0.25) is 0 Å². The van der Waals surface area contributed by atoms with Crippen molar-refractivity contribution in [3.05, 3.63) is 11.8 Å². The fourth-order valence-corrected chi connectivity index (χ4v) is 0.532. The summed E-state index contributed by atoms with van der Waals surface area (Å²) in [5.41, 5.74) is -1.56. The molecule has 0 amide bonds. The van der Waals surface area contributed by atoms with E-state index in [1.54, 1.807) is 6.07 Å². The molecule has 56 valence electrons.